The highest BCUT2D eigenvalue weighted by Crippen LogP contribution is 2.28. The maximum Gasteiger partial charge on any atom is 0.255 e. The minimum absolute atomic E-state index is 0.0176. The van der Waals surface area contributed by atoms with Crippen molar-refractivity contribution in [3.8, 4) is 0 Å². The van der Waals surface area contributed by atoms with Gasteiger partial charge in [0.05, 0.1) is 0 Å². The van der Waals surface area contributed by atoms with E-state index in [4.69, 9.17) is 10.5 Å². The van der Waals surface area contributed by atoms with Gasteiger partial charge in [-0.1, -0.05) is 12.1 Å². The number of nitrogens with zero attached hydrogens (tertiary/aromatic N) is 1. The van der Waals surface area contributed by atoms with Crippen molar-refractivity contribution in [1.29, 1.82) is 0 Å². The predicted molar refractivity (Wildman–Crippen MR) is 98.7 cm³/mol. The highest BCUT2D eigenvalue weighted by molar-refractivity contribution is 6.05. The molecule has 0 spiro atoms. The van der Waals surface area contributed by atoms with E-state index in [1.165, 1.54) is 0 Å². The molecule has 1 aromatic carbocycles. The zero-order valence-corrected chi connectivity index (χ0v) is 15.5. The Kier molecular flexibility index (Phi) is 6.20. The molecule has 1 fully saturated rings. The lowest BCUT2D eigenvalue weighted by Gasteiger charge is -2.29. The highest BCUT2D eigenvalue weighted by Gasteiger charge is 2.39. The molecule has 146 valence electrons. The molecule has 1 aromatic rings. The molecular weight excluding hydrogens is 348 g/mol. The Labute approximate surface area is 158 Å². The largest absolute Gasteiger partial charge is 0.385 e. The average Bonchev–Trinajstić information content (AvgIpc) is 2.96. The summed E-state index contributed by atoms with van der Waals surface area (Å²) in [5.41, 5.74) is 8.52. The van der Waals surface area contributed by atoms with Crippen LogP contribution in [0.4, 0.5) is 0 Å². The number of carbonyl (C=O) groups is 3. The van der Waals surface area contributed by atoms with Gasteiger partial charge in [-0.25, -0.2) is 0 Å². The van der Waals surface area contributed by atoms with Crippen LogP contribution >= 0.6 is 0 Å². The van der Waals surface area contributed by atoms with E-state index in [9.17, 15) is 14.4 Å². The first-order chi connectivity index (χ1) is 13.0. The van der Waals surface area contributed by atoms with E-state index in [0.717, 1.165) is 17.5 Å². The van der Waals surface area contributed by atoms with Gasteiger partial charge in [0.2, 0.25) is 11.8 Å². The topological polar surface area (TPSA) is 114 Å². The number of methoxy groups -OCH3 is 1. The molecule has 0 saturated carbocycles. The molecule has 0 aliphatic carbocycles. The Hall–Kier alpha value is -2.29. The van der Waals surface area contributed by atoms with Crippen molar-refractivity contribution in [1.82, 2.24) is 15.5 Å². The number of hydrogen-bond acceptors (Lipinski definition) is 6. The molecule has 27 heavy (non-hydrogen) atoms. The summed E-state index contributed by atoms with van der Waals surface area (Å²) in [6.07, 6.45) is 1.42. The van der Waals surface area contributed by atoms with Gasteiger partial charge in [-0.2, -0.15) is 0 Å². The second-order valence-corrected chi connectivity index (χ2v) is 7.06. The number of piperidine rings is 1. The van der Waals surface area contributed by atoms with Crippen LogP contribution in [0.2, 0.25) is 0 Å². The number of ether oxygens (including phenoxy) is 1. The van der Waals surface area contributed by atoms with Gasteiger partial charge < -0.3 is 20.7 Å². The zero-order valence-electron chi connectivity index (χ0n) is 15.5. The molecule has 4 N–H and O–H groups in total. The number of rotatable bonds is 8. The summed E-state index contributed by atoms with van der Waals surface area (Å²) in [6.45, 7) is 2.30. The standard InChI is InChI=1S/C19H26N4O4/c1-27-7-6-14(20)10-21-9-12-2-3-13-11-23(19(26)15(13)8-12)16-4-5-17(24)22-18(16)25/h2-3,8,14,16,21H,4-7,9-11,20H2,1H3,(H,22,24,25). The lowest BCUT2D eigenvalue weighted by molar-refractivity contribution is -0.136. The summed E-state index contributed by atoms with van der Waals surface area (Å²) in [5, 5.41) is 5.61. The van der Waals surface area contributed by atoms with Gasteiger partial charge in [-0.15, -0.1) is 0 Å². The Morgan fingerprint density at radius 2 is 2.19 bits per heavy atom. The van der Waals surface area contributed by atoms with Crippen molar-refractivity contribution in [2.24, 2.45) is 5.73 Å². The van der Waals surface area contributed by atoms with Gasteiger partial charge in [-0.05, 0) is 30.0 Å². The quantitative estimate of drug-likeness (QED) is 0.548. The predicted octanol–water partition coefficient (Wildman–Crippen LogP) is -0.0990. The van der Waals surface area contributed by atoms with Crippen LogP contribution in [0.3, 0.4) is 0 Å². The normalized spacial score (nSPS) is 20.6. The van der Waals surface area contributed by atoms with Gasteiger partial charge in [0, 0.05) is 51.4 Å². The minimum Gasteiger partial charge on any atom is -0.385 e. The molecule has 2 unspecified atom stereocenters. The van der Waals surface area contributed by atoms with E-state index in [2.05, 4.69) is 10.6 Å². The fraction of sp³-hybridized carbons (Fsp3) is 0.526. The third-order valence-corrected chi connectivity index (χ3v) is 5.02. The fourth-order valence-electron chi connectivity index (χ4n) is 3.48. The van der Waals surface area contributed by atoms with Crippen LogP contribution in [0.1, 0.15) is 40.7 Å². The smallest absolute Gasteiger partial charge is 0.255 e. The van der Waals surface area contributed by atoms with E-state index in [0.29, 0.717) is 38.2 Å². The first-order valence-corrected chi connectivity index (χ1v) is 9.21. The van der Waals surface area contributed by atoms with E-state index < -0.39 is 6.04 Å². The molecule has 8 nitrogen and oxygen atoms in total. The third-order valence-electron chi connectivity index (χ3n) is 5.02. The summed E-state index contributed by atoms with van der Waals surface area (Å²) in [6, 6.07) is 5.22. The lowest BCUT2D eigenvalue weighted by Crippen LogP contribution is -2.52. The molecule has 0 aromatic heterocycles. The monoisotopic (exact) mass is 374 g/mol. The van der Waals surface area contributed by atoms with E-state index in [1.54, 1.807) is 12.0 Å². The third kappa shape index (κ3) is 4.52. The molecule has 1 saturated heterocycles. The number of amides is 3. The lowest BCUT2D eigenvalue weighted by atomic mass is 10.0. The van der Waals surface area contributed by atoms with Crippen molar-refractivity contribution >= 4 is 17.7 Å². The van der Waals surface area contributed by atoms with E-state index >= 15 is 0 Å². The molecule has 8 heteroatoms. The molecule has 2 heterocycles. The Bertz CT molecular complexity index is 736. The molecule has 0 bridgehead atoms. The van der Waals surface area contributed by atoms with E-state index in [1.807, 2.05) is 18.2 Å². The first kappa shape index (κ1) is 19.5. The van der Waals surface area contributed by atoms with Crippen LogP contribution in [-0.2, 0) is 27.4 Å². The Balaban J connectivity index is 1.59. The number of hydrogen-bond donors (Lipinski definition) is 3. The molecule has 3 amide bonds. The number of carbonyl (C=O) groups excluding carboxylic acids is 3. The molecule has 0 radical (unpaired) electrons. The summed E-state index contributed by atoms with van der Waals surface area (Å²) in [4.78, 5) is 37.7. The van der Waals surface area contributed by atoms with Crippen molar-refractivity contribution < 1.29 is 19.1 Å². The Morgan fingerprint density at radius 3 is 2.93 bits per heavy atom. The zero-order chi connectivity index (χ0) is 19.4. The molecule has 2 atom stereocenters. The van der Waals surface area contributed by atoms with Gasteiger partial charge in [0.1, 0.15) is 6.04 Å². The summed E-state index contributed by atoms with van der Waals surface area (Å²) in [7, 11) is 1.65. The maximum atomic E-state index is 12.8. The SMILES string of the molecule is COCCC(N)CNCc1ccc2c(c1)C(=O)N(C1CCC(=O)NC1=O)C2. The van der Waals surface area contributed by atoms with Crippen LogP contribution in [-0.4, -0.2) is 55.0 Å². The number of benzene rings is 1. The Morgan fingerprint density at radius 1 is 1.37 bits per heavy atom. The highest BCUT2D eigenvalue weighted by atomic mass is 16.5. The number of nitrogens with one attached hydrogen (secondary N) is 2. The van der Waals surface area contributed by atoms with Gasteiger partial charge in [0.25, 0.3) is 5.91 Å². The van der Waals surface area contributed by atoms with Gasteiger partial charge in [-0.3, -0.25) is 19.7 Å². The number of fused-ring (bicyclic) bond motifs is 1. The fourth-order valence-corrected chi connectivity index (χ4v) is 3.48. The van der Waals surface area contributed by atoms with Crippen molar-refractivity contribution in [3.05, 3.63) is 34.9 Å². The van der Waals surface area contributed by atoms with Crippen molar-refractivity contribution in [3.63, 3.8) is 0 Å². The van der Waals surface area contributed by atoms with Crippen LogP contribution in [0.25, 0.3) is 0 Å². The second-order valence-electron chi connectivity index (χ2n) is 7.06. The van der Waals surface area contributed by atoms with E-state index in [-0.39, 0.29) is 30.2 Å². The first-order valence-electron chi connectivity index (χ1n) is 9.21. The van der Waals surface area contributed by atoms with Gasteiger partial charge in [0.15, 0.2) is 0 Å². The van der Waals surface area contributed by atoms with Crippen LogP contribution in [0.15, 0.2) is 18.2 Å². The average molecular weight is 374 g/mol. The summed E-state index contributed by atoms with van der Waals surface area (Å²) < 4.78 is 5.02. The summed E-state index contributed by atoms with van der Waals surface area (Å²) in [5.74, 6) is -0.824. The minimum atomic E-state index is -0.581. The van der Waals surface area contributed by atoms with Crippen molar-refractivity contribution in [2.75, 3.05) is 20.3 Å². The number of nitrogens with two attached hydrogens (primary N) is 1. The second kappa shape index (κ2) is 8.60. The van der Waals surface area contributed by atoms with Crippen LogP contribution in [0.5, 0.6) is 0 Å². The number of imide groups is 1. The van der Waals surface area contributed by atoms with Gasteiger partial charge >= 0.3 is 0 Å². The van der Waals surface area contributed by atoms with Crippen LogP contribution in [0, 0.1) is 0 Å². The van der Waals surface area contributed by atoms with Crippen LogP contribution < -0.4 is 16.4 Å². The maximum absolute atomic E-state index is 12.8. The molecule has 2 aliphatic rings. The molecular formula is C19H26N4O4. The van der Waals surface area contributed by atoms with Crippen molar-refractivity contribution in [2.45, 2.75) is 44.4 Å². The molecule has 2 aliphatic heterocycles. The molecule has 3 rings (SSSR count). The summed E-state index contributed by atoms with van der Waals surface area (Å²) >= 11 is 0.